The molecule has 2 aliphatic heterocycles. The van der Waals surface area contributed by atoms with Crippen molar-refractivity contribution in [1.82, 2.24) is 24.7 Å². The van der Waals surface area contributed by atoms with Gasteiger partial charge in [-0.15, -0.1) is 0 Å². The Morgan fingerprint density at radius 2 is 1.61 bits per heavy atom. The fourth-order valence-electron chi connectivity index (χ4n) is 5.62. The molecule has 5 rings (SSSR count). The van der Waals surface area contributed by atoms with Gasteiger partial charge < -0.3 is 15.5 Å². The minimum Gasteiger partial charge on any atom is -0.384 e. The summed E-state index contributed by atoms with van der Waals surface area (Å²) in [6.45, 7) is 4.47. The number of amides is 2. The van der Waals surface area contributed by atoms with E-state index in [0.29, 0.717) is 31.0 Å². The Morgan fingerprint density at radius 3 is 2.29 bits per heavy atom. The number of likely N-dealkylation sites (tertiary alicyclic amines) is 2. The maximum Gasteiger partial charge on any atom is 0.254 e. The number of aromatic nitrogens is 2. The average molecular weight is 513 g/mol. The van der Waals surface area contributed by atoms with Crippen LogP contribution in [0.4, 0.5) is 5.82 Å². The van der Waals surface area contributed by atoms with E-state index in [9.17, 15) is 9.59 Å². The Kier molecular flexibility index (Phi) is 8.28. The summed E-state index contributed by atoms with van der Waals surface area (Å²) >= 11 is 0. The summed E-state index contributed by atoms with van der Waals surface area (Å²) in [6, 6.07) is 19.2. The lowest BCUT2D eigenvalue weighted by Gasteiger charge is -2.40. The van der Waals surface area contributed by atoms with E-state index in [1.807, 2.05) is 70.5 Å². The first kappa shape index (κ1) is 25.9. The monoisotopic (exact) mass is 512 g/mol. The first-order valence-electron chi connectivity index (χ1n) is 13.5. The number of pyridine rings is 2. The third kappa shape index (κ3) is 6.37. The average Bonchev–Trinajstić information content (AvgIpc) is 2.97. The molecule has 1 aromatic carbocycles. The Balaban J connectivity index is 1.16. The van der Waals surface area contributed by atoms with Gasteiger partial charge in [0, 0.05) is 49.6 Å². The SMILES string of the molecule is Nc1cc(CN2CCC(C(=O)N3CCC(N(Cc4ccccn4)C(=O)c4ccccc4)CC3)CC2)ccn1. The van der Waals surface area contributed by atoms with Gasteiger partial charge >= 0.3 is 0 Å². The molecule has 4 heterocycles. The summed E-state index contributed by atoms with van der Waals surface area (Å²) in [6.07, 6.45) is 6.81. The topological polar surface area (TPSA) is 95.7 Å². The van der Waals surface area contributed by atoms with Gasteiger partial charge in [0.1, 0.15) is 5.82 Å². The van der Waals surface area contributed by atoms with Crippen molar-refractivity contribution in [3.8, 4) is 0 Å². The normalized spacial score (nSPS) is 17.3. The van der Waals surface area contributed by atoms with E-state index in [1.165, 1.54) is 0 Å². The fourth-order valence-corrected chi connectivity index (χ4v) is 5.62. The van der Waals surface area contributed by atoms with Crippen LogP contribution in [0.5, 0.6) is 0 Å². The molecule has 2 fully saturated rings. The highest BCUT2D eigenvalue weighted by molar-refractivity contribution is 5.94. The zero-order chi connectivity index (χ0) is 26.3. The second kappa shape index (κ2) is 12.2. The quantitative estimate of drug-likeness (QED) is 0.520. The second-order valence-electron chi connectivity index (χ2n) is 10.3. The van der Waals surface area contributed by atoms with Crippen molar-refractivity contribution in [3.05, 3.63) is 89.9 Å². The van der Waals surface area contributed by atoms with Crippen molar-refractivity contribution >= 4 is 17.6 Å². The molecule has 0 unspecified atom stereocenters. The van der Waals surface area contributed by atoms with Gasteiger partial charge in [-0.3, -0.25) is 19.5 Å². The number of benzene rings is 1. The minimum atomic E-state index is 0.0179. The van der Waals surface area contributed by atoms with Crippen LogP contribution in [0.25, 0.3) is 0 Å². The molecule has 38 heavy (non-hydrogen) atoms. The van der Waals surface area contributed by atoms with Gasteiger partial charge in [0.25, 0.3) is 5.91 Å². The van der Waals surface area contributed by atoms with E-state index in [2.05, 4.69) is 14.9 Å². The number of hydrogen-bond acceptors (Lipinski definition) is 6. The predicted molar refractivity (Wildman–Crippen MR) is 147 cm³/mol. The number of nitrogens with zero attached hydrogens (tertiary/aromatic N) is 5. The lowest BCUT2D eigenvalue weighted by atomic mass is 9.93. The zero-order valence-electron chi connectivity index (χ0n) is 21.8. The molecule has 2 aliphatic rings. The van der Waals surface area contributed by atoms with E-state index in [1.54, 1.807) is 12.4 Å². The highest BCUT2D eigenvalue weighted by atomic mass is 16.2. The van der Waals surface area contributed by atoms with Gasteiger partial charge in [-0.05, 0) is 80.7 Å². The van der Waals surface area contributed by atoms with Crippen LogP contribution in [0.15, 0.2) is 73.1 Å². The number of hydrogen-bond donors (Lipinski definition) is 1. The zero-order valence-corrected chi connectivity index (χ0v) is 21.8. The molecule has 198 valence electrons. The first-order valence-corrected chi connectivity index (χ1v) is 13.5. The number of rotatable bonds is 7. The largest absolute Gasteiger partial charge is 0.384 e. The van der Waals surface area contributed by atoms with E-state index < -0.39 is 0 Å². The van der Waals surface area contributed by atoms with Gasteiger partial charge in [0.2, 0.25) is 5.91 Å². The van der Waals surface area contributed by atoms with Gasteiger partial charge in [0.05, 0.1) is 12.2 Å². The standard InChI is InChI=1S/C30H36N6O2/c31-28-20-23(9-15-33-28)21-34-16-10-25(11-17-34)29(37)35-18-12-27(13-19-35)36(22-26-8-4-5-14-32-26)30(38)24-6-2-1-3-7-24/h1-9,14-15,20,25,27H,10-13,16-19,21-22H2,(H2,31,33). The van der Waals surface area contributed by atoms with E-state index in [0.717, 1.165) is 56.6 Å². The van der Waals surface area contributed by atoms with E-state index in [4.69, 9.17) is 5.73 Å². The van der Waals surface area contributed by atoms with Crippen molar-refractivity contribution in [1.29, 1.82) is 0 Å². The van der Waals surface area contributed by atoms with Gasteiger partial charge in [0.15, 0.2) is 0 Å². The number of carbonyl (C=O) groups excluding carboxylic acids is 2. The van der Waals surface area contributed by atoms with Crippen LogP contribution in [0.3, 0.4) is 0 Å². The predicted octanol–water partition coefficient (Wildman–Crippen LogP) is 3.60. The third-order valence-electron chi connectivity index (χ3n) is 7.75. The molecule has 2 N–H and O–H groups in total. The van der Waals surface area contributed by atoms with Crippen molar-refractivity contribution in [2.45, 2.75) is 44.8 Å². The second-order valence-corrected chi connectivity index (χ2v) is 10.3. The molecule has 2 amide bonds. The van der Waals surface area contributed by atoms with E-state index in [-0.39, 0.29) is 23.8 Å². The Hall–Kier alpha value is -3.78. The summed E-state index contributed by atoms with van der Waals surface area (Å²) in [4.78, 5) is 41.7. The summed E-state index contributed by atoms with van der Waals surface area (Å²) in [5.41, 5.74) is 8.53. The summed E-state index contributed by atoms with van der Waals surface area (Å²) in [5, 5.41) is 0. The van der Waals surface area contributed by atoms with Crippen LogP contribution in [0, 0.1) is 5.92 Å². The molecule has 0 bridgehead atoms. The molecule has 3 aromatic rings. The van der Waals surface area contributed by atoms with Crippen LogP contribution in [-0.2, 0) is 17.9 Å². The summed E-state index contributed by atoms with van der Waals surface area (Å²) in [5.74, 6) is 0.896. The van der Waals surface area contributed by atoms with Crippen molar-refractivity contribution in [2.75, 3.05) is 31.9 Å². The first-order chi connectivity index (χ1) is 18.6. The van der Waals surface area contributed by atoms with Crippen LogP contribution in [0.2, 0.25) is 0 Å². The maximum absolute atomic E-state index is 13.5. The highest BCUT2D eigenvalue weighted by Gasteiger charge is 2.34. The summed E-state index contributed by atoms with van der Waals surface area (Å²) < 4.78 is 0. The molecule has 0 spiro atoms. The van der Waals surface area contributed by atoms with Crippen molar-refractivity contribution in [3.63, 3.8) is 0 Å². The molecule has 2 aromatic heterocycles. The van der Waals surface area contributed by atoms with Gasteiger partial charge in [-0.2, -0.15) is 0 Å². The molecular weight excluding hydrogens is 476 g/mol. The Labute approximate surface area is 224 Å². The summed E-state index contributed by atoms with van der Waals surface area (Å²) in [7, 11) is 0. The van der Waals surface area contributed by atoms with Crippen molar-refractivity contribution in [2.24, 2.45) is 5.92 Å². The fraction of sp³-hybridized carbons (Fsp3) is 0.400. The Bertz CT molecular complexity index is 1210. The van der Waals surface area contributed by atoms with Crippen LogP contribution < -0.4 is 5.73 Å². The van der Waals surface area contributed by atoms with Gasteiger partial charge in [-0.1, -0.05) is 24.3 Å². The van der Waals surface area contributed by atoms with Crippen LogP contribution >= 0.6 is 0 Å². The Morgan fingerprint density at radius 1 is 0.868 bits per heavy atom. The lowest BCUT2D eigenvalue weighted by Crippen LogP contribution is -2.50. The highest BCUT2D eigenvalue weighted by Crippen LogP contribution is 2.26. The molecule has 8 nitrogen and oxygen atoms in total. The molecule has 8 heteroatoms. The molecule has 2 saturated heterocycles. The lowest BCUT2D eigenvalue weighted by molar-refractivity contribution is -0.138. The van der Waals surface area contributed by atoms with E-state index >= 15 is 0 Å². The number of piperidine rings is 2. The smallest absolute Gasteiger partial charge is 0.254 e. The van der Waals surface area contributed by atoms with Crippen molar-refractivity contribution < 1.29 is 9.59 Å². The number of nitrogens with two attached hydrogens (primary N) is 1. The van der Waals surface area contributed by atoms with Crippen LogP contribution in [-0.4, -0.2) is 68.7 Å². The van der Waals surface area contributed by atoms with Crippen LogP contribution in [0.1, 0.15) is 47.3 Å². The molecule has 0 atom stereocenters. The molecule has 0 saturated carbocycles. The van der Waals surface area contributed by atoms with Gasteiger partial charge in [-0.25, -0.2) is 4.98 Å². The number of anilines is 1. The molecule has 0 radical (unpaired) electrons. The number of nitrogen functional groups attached to an aromatic ring is 1. The minimum absolute atomic E-state index is 0.0179. The third-order valence-corrected chi connectivity index (χ3v) is 7.75. The molecular formula is C30H36N6O2. The maximum atomic E-state index is 13.5. The number of carbonyl (C=O) groups is 2. The molecule has 0 aliphatic carbocycles.